The highest BCUT2D eigenvalue weighted by molar-refractivity contribution is 6.41. The van der Waals surface area contributed by atoms with Gasteiger partial charge in [0.05, 0.1) is 10.9 Å². The Balaban J connectivity index is 2.10. The predicted octanol–water partition coefficient (Wildman–Crippen LogP) is 3.37. The van der Waals surface area contributed by atoms with Gasteiger partial charge in [-0.1, -0.05) is 24.3 Å². The van der Waals surface area contributed by atoms with Gasteiger partial charge in [-0.3, -0.25) is 9.59 Å². The first kappa shape index (κ1) is 16.8. The van der Waals surface area contributed by atoms with Crippen molar-refractivity contribution in [2.45, 2.75) is 13.8 Å². The molecule has 6 heteroatoms. The van der Waals surface area contributed by atoms with Gasteiger partial charge in [0.25, 0.3) is 0 Å². The lowest BCUT2D eigenvalue weighted by Gasteiger charge is -2.20. The highest BCUT2D eigenvalue weighted by Gasteiger charge is 2.36. The topological polar surface area (TPSA) is 105 Å². The summed E-state index contributed by atoms with van der Waals surface area (Å²) in [5.41, 5.74) is -0.863. The zero-order valence-corrected chi connectivity index (χ0v) is 14.5. The number of allylic oxidation sites excluding steroid dienone is 2. The van der Waals surface area contributed by atoms with Gasteiger partial charge in [0.15, 0.2) is 11.6 Å². The minimum Gasteiger partial charge on any atom is -0.507 e. The van der Waals surface area contributed by atoms with E-state index in [1.807, 2.05) is 0 Å². The number of carbonyl (C=O) groups is 2. The number of aryl methyl sites for hydroxylation is 1. The number of benzene rings is 2. The maximum atomic E-state index is 13.1. The van der Waals surface area contributed by atoms with E-state index in [4.69, 9.17) is 4.42 Å². The van der Waals surface area contributed by atoms with Gasteiger partial charge in [-0.2, -0.15) is 0 Å². The van der Waals surface area contributed by atoms with Gasteiger partial charge in [-0.25, -0.2) is 4.79 Å². The molecule has 1 heterocycles. The SMILES string of the molecule is CC1=C(c2c(O)c3c(C)cccc3oc2=O)C(=O)c2c(O)cccc2C1=O. The Morgan fingerprint density at radius 2 is 1.56 bits per heavy atom. The van der Waals surface area contributed by atoms with Crippen LogP contribution in [0.3, 0.4) is 0 Å². The highest BCUT2D eigenvalue weighted by atomic mass is 16.4. The molecule has 0 bridgehead atoms. The molecule has 0 saturated heterocycles. The van der Waals surface area contributed by atoms with Crippen molar-refractivity contribution < 1.29 is 24.2 Å². The maximum absolute atomic E-state index is 13.1. The Morgan fingerprint density at radius 1 is 0.852 bits per heavy atom. The van der Waals surface area contributed by atoms with E-state index in [1.54, 1.807) is 19.1 Å². The van der Waals surface area contributed by atoms with Gasteiger partial charge in [-0.05, 0) is 31.5 Å². The van der Waals surface area contributed by atoms with E-state index in [0.717, 1.165) is 0 Å². The molecule has 2 aromatic carbocycles. The summed E-state index contributed by atoms with van der Waals surface area (Å²) >= 11 is 0. The van der Waals surface area contributed by atoms with Crippen molar-refractivity contribution in [1.29, 1.82) is 0 Å². The zero-order valence-electron chi connectivity index (χ0n) is 14.5. The van der Waals surface area contributed by atoms with E-state index >= 15 is 0 Å². The summed E-state index contributed by atoms with van der Waals surface area (Å²) in [7, 11) is 0. The summed E-state index contributed by atoms with van der Waals surface area (Å²) in [6, 6.07) is 9.11. The number of hydrogen-bond donors (Lipinski definition) is 2. The molecule has 4 rings (SSSR count). The van der Waals surface area contributed by atoms with E-state index in [-0.39, 0.29) is 44.6 Å². The fourth-order valence-corrected chi connectivity index (χ4v) is 3.50. The highest BCUT2D eigenvalue weighted by Crippen LogP contribution is 2.40. The number of ketones is 2. The van der Waals surface area contributed by atoms with E-state index in [9.17, 15) is 24.6 Å². The number of Topliss-reactive ketones (excluding diaryl/α,β-unsaturated/α-hetero) is 2. The van der Waals surface area contributed by atoms with E-state index < -0.39 is 22.9 Å². The fraction of sp³-hybridized carbons (Fsp3) is 0.0952. The van der Waals surface area contributed by atoms with Crippen LogP contribution in [0.1, 0.15) is 38.8 Å². The quantitative estimate of drug-likeness (QED) is 0.643. The van der Waals surface area contributed by atoms with Crippen LogP contribution in [0.25, 0.3) is 16.5 Å². The number of rotatable bonds is 1. The van der Waals surface area contributed by atoms with Crippen molar-refractivity contribution in [3.63, 3.8) is 0 Å². The fourth-order valence-electron chi connectivity index (χ4n) is 3.50. The number of carbonyl (C=O) groups excluding carboxylic acids is 2. The predicted molar refractivity (Wildman–Crippen MR) is 98.2 cm³/mol. The maximum Gasteiger partial charge on any atom is 0.348 e. The van der Waals surface area contributed by atoms with E-state index in [0.29, 0.717) is 5.56 Å². The lowest BCUT2D eigenvalue weighted by Crippen LogP contribution is -2.23. The van der Waals surface area contributed by atoms with Crippen molar-refractivity contribution in [3.8, 4) is 11.5 Å². The number of fused-ring (bicyclic) bond motifs is 2. The first-order valence-corrected chi connectivity index (χ1v) is 8.21. The largest absolute Gasteiger partial charge is 0.507 e. The van der Waals surface area contributed by atoms with Crippen LogP contribution in [0, 0.1) is 6.92 Å². The summed E-state index contributed by atoms with van der Waals surface area (Å²) in [6.45, 7) is 3.13. The molecular weight excluding hydrogens is 348 g/mol. The second-order valence-corrected chi connectivity index (χ2v) is 6.42. The summed E-state index contributed by atoms with van der Waals surface area (Å²) in [6.07, 6.45) is 0. The summed E-state index contributed by atoms with van der Waals surface area (Å²) < 4.78 is 5.28. The molecule has 0 amide bonds. The third-order valence-corrected chi connectivity index (χ3v) is 4.82. The molecule has 27 heavy (non-hydrogen) atoms. The van der Waals surface area contributed by atoms with Gasteiger partial charge < -0.3 is 14.6 Å². The van der Waals surface area contributed by atoms with Crippen molar-refractivity contribution in [3.05, 3.63) is 74.6 Å². The van der Waals surface area contributed by atoms with Crippen molar-refractivity contribution >= 4 is 28.1 Å². The minimum atomic E-state index is -0.931. The van der Waals surface area contributed by atoms with Gasteiger partial charge in [0.1, 0.15) is 22.6 Å². The molecule has 134 valence electrons. The average molecular weight is 362 g/mol. The smallest absolute Gasteiger partial charge is 0.348 e. The molecule has 1 aromatic heterocycles. The monoisotopic (exact) mass is 362 g/mol. The molecule has 0 unspecified atom stereocenters. The molecule has 1 aliphatic carbocycles. The minimum absolute atomic E-state index is 0.00799. The molecular formula is C21H14O6. The van der Waals surface area contributed by atoms with E-state index in [2.05, 4.69) is 0 Å². The second-order valence-electron chi connectivity index (χ2n) is 6.42. The number of phenols is 1. The molecule has 1 aliphatic rings. The Labute approximate surface area is 153 Å². The molecule has 0 aliphatic heterocycles. The third-order valence-electron chi connectivity index (χ3n) is 4.82. The van der Waals surface area contributed by atoms with Crippen LogP contribution < -0.4 is 5.63 Å². The molecule has 0 radical (unpaired) electrons. The Kier molecular flexibility index (Phi) is 3.52. The third kappa shape index (κ3) is 2.23. The van der Waals surface area contributed by atoms with Gasteiger partial charge in [0.2, 0.25) is 0 Å². The van der Waals surface area contributed by atoms with Crippen molar-refractivity contribution in [1.82, 2.24) is 0 Å². The van der Waals surface area contributed by atoms with Crippen LogP contribution >= 0.6 is 0 Å². The standard InChI is InChI=1S/C21H14O6/c1-9-5-3-8-13-14(9)19(24)17(21(26)27-13)15-10(2)18(23)11-6-4-7-12(22)16(11)20(15)25/h3-8,22,24H,1-2H3. The Morgan fingerprint density at radius 3 is 2.30 bits per heavy atom. The molecule has 3 aromatic rings. The first-order valence-electron chi connectivity index (χ1n) is 8.21. The van der Waals surface area contributed by atoms with Crippen LogP contribution in [-0.4, -0.2) is 21.8 Å². The summed E-state index contributed by atoms with van der Waals surface area (Å²) in [5, 5.41) is 21.2. The van der Waals surface area contributed by atoms with Crippen LogP contribution in [0.4, 0.5) is 0 Å². The molecule has 6 nitrogen and oxygen atoms in total. The first-order chi connectivity index (χ1) is 12.8. The van der Waals surface area contributed by atoms with Gasteiger partial charge in [0, 0.05) is 16.7 Å². The number of phenolic OH excluding ortho intramolecular Hbond substituents is 1. The average Bonchev–Trinajstić information content (AvgIpc) is 2.62. The molecule has 0 spiro atoms. The van der Waals surface area contributed by atoms with Crippen LogP contribution in [-0.2, 0) is 0 Å². The van der Waals surface area contributed by atoms with Crippen LogP contribution in [0.2, 0.25) is 0 Å². The van der Waals surface area contributed by atoms with Crippen LogP contribution in [0.5, 0.6) is 11.5 Å². The molecule has 0 saturated carbocycles. The van der Waals surface area contributed by atoms with E-state index in [1.165, 1.54) is 31.2 Å². The Hall–Kier alpha value is -3.67. The summed E-state index contributed by atoms with van der Waals surface area (Å²) in [5.74, 6) is -2.00. The number of hydrogen-bond acceptors (Lipinski definition) is 6. The lowest BCUT2D eigenvalue weighted by molar-refractivity contribution is 0.0989. The summed E-state index contributed by atoms with van der Waals surface area (Å²) in [4.78, 5) is 38.3. The zero-order chi connectivity index (χ0) is 19.5. The Bertz CT molecular complexity index is 1260. The molecule has 0 fully saturated rings. The van der Waals surface area contributed by atoms with Gasteiger partial charge in [-0.15, -0.1) is 0 Å². The molecule has 2 N–H and O–H groups in total. The lowest BCUT2D eigenvalue weighted by atomic mass is 9.81. The van der Waals surface area contributed by atoms with Crippen molar-refractivity contribution in [2.75, 3.05) is 0 Å². The normalized spacial score (nSPS) is 14.0. The van der Waals surface area contributed by atoms with Gasteiger partial charge >= 0.3 is 5.63 Å². The second kappa shape index (κ2) is 5.67. The number of aromatic hydroxyl groups is 2. The van der Waals surface area contributed by atoms with Crippen LogP contribution in [0.15, 0.2) is 51.2 Å². The molecule has 0 atom stereocenters. The van der Waals surface area contributed by atoms with Crippen molar-refractivity contribution in [2.24, 2.45) is 0 Å².